The van der Waals surface area contributed by atoms with Crippen molar-refractivity contribution in [2.24, 2.45) is 5.10 Å². The van der Waals surface area contributed by atoms with Crippen LogP contribution in [0.2, 0.25) is 5.02 Å². The van der Waals surface area contributed by atoms with Crippen LogP contribution in [0.1, 0.15) is 30.9 Å². The number of nitrogens with one attached hydrogen (secondary N) is 2. The van der Waals surface area contributed by atoms with E-state index in [9.17, 15) is 9.59 Å². The van der Waals surface area contributed by atoms with Crippen LogP contribution < -0.4 is 25.0 Å². The molecule has 194 valence electrons. The summed E-state index contributed by atoms with van der Waals surface area (Å²) in [5.41, 5.74) is 4.71. The maximum atomic E-state index is 12.1. The van der Waals surface area contributed by atoms with Crippen molar-refractivity contribution in [3.05, 3.63) is 81.3 Å². The van der Waals surface area contributed by atoms with Gasteiger partial charge in [0.2, 0.25) is 11.8 Å². The normalized spacial score (nSPS) is 10.7. The summed E-state index contributed by atoms with van der Waals surface area (Å²) < 4.78 is 17.5. The highest BCUT2D eigenvalue weighted by Gasteiger charge is 2.13. The molecule has 0 bridgehead atoms. The van der Waals surface area contributed by atoms with Gasteiger partial charge in [0.1, 0.15) is 12.4 Å². The highest BCUT2D eigenvalue weighted by Crippen LogP contribution is 2.37. The van der Waals surface area contributed by atoms with E-state index in [2.05, 4.69) is 31.8 Å². The van der Waals surface area contributed by atoms with E-state index in [4.69, 9.17) is 25.8 Å². The van der Waals surface area contributed by atoms with Gasteiger partial charge in [0.05, 0.1) is 24.4 Å². The second kappa shape index (κ2) is 14.2. The van der Waals surface area contributed by atoms with Crippen LogP contribution in [0.15, 0.2) is 70.2 Å². The second-order valence-corrected chi connectivity index (χ2v) is 9.04. The summed E-state index contributed by atoms with van der Waals surface area (Å²) in [6.07, 6.45) is 1.50. The minimum atomic E-state index is -0.381. The molecule has 2 N–H and O–H groups in total. The van der Waals surface area contributed by atoms with Crippen molar-refractivity contribution in [1.82, 2.24) is 5.43 Å². The molecule has 8 nitrogen and oxygen atoms in total. The molecule has 2 amide bonds. The van der Waals surface area contributed by atoms with E-state index in [-0.39, 0.29) is 24.7 Å². The van der Waals surface area contributed by atoms with Crippen LogP contribution in [0.25, 0.3) is 0 Å². The Hall–Kier alpha value is -3.56. The number of halogens is 2. The molecule has 0 aliphatic heterocycles. The third kappa shape index (κ3) is 9.11. The summed E-state index contributed by atoms with van der Waals surface area (Å²) in [4.78, 5) is 24.2. The lowest BCUT2D eigenvalue weighted by Crippen LogP contribution is -2.20. The summed E-state index contributed by atoms with van der Waals surface area (Å²) in [5.74, 6) is 1.13. The van der Waals surface area contributed by atoms with Gasteiger partial charge >= 0.3 is 0 Å². The highest BCUT2D eigenvalue weighted by atomic mass is 79.9. The third-order valence-electron chi connectivity index (χ3n) is 4.98. The van der Waals surface area contributed by atoms with Crippen molar-refractivity contribution in [3.63, 3.8) is 0 Å². The van der Waals surface area contributed by atoms with Gasteiger partial charge in [-0.25, -0.2) is 5.43 Å². The van der Waals surface area contributed by atoms with Gasteiger partial charge in [-0.2, -0.15) is 5.10 Å². The first-order chi connectivity index (χ1) is 17.9. The molecule has 0 radical (unpaired) electrons. The summed E-state index contributed by atoms with van der Waals surface area (Å²) in [6, 6.07) is 17.9. The van der Waals surface area contributed by atoms with Crippen LogP contribution in [0.5, 0.6) is 17.2 Å². The quantitative estimate of drug-likeness (QED) is 0.201. The predicted octanol–water partition coefficient (Wildman–Crippen LogP) is 5.96. The molecule has 0 saturated carbocycles. The maximum absolute atomic E-state index is 12.1. The molecule has 0 spiro atoms. The van der Waals surface area contributed by atoms with Crippen LogP contribution in [0.3, 0.4) is 0 Å². The predicted molar refractivity (Wildman–Crippen MR) is 148 cm³/mol. The van der Waals surface area contributed by atoms with Gasteiger partial charge in [-0.15, -0.1) is 0 Å². The van der Waals surface area contributed by atoms with E-state index in [1.807, 2.05) is 19.1 Å². The van der Waals surface area contributed by atoms with Gasteiger partial charge in [0, 0.05) is 23.6 Å². The van der Waals surface area contributed by atoms with E-state index in [1.54, 1.807) is 55.6 Å². The average molecular weight is 589 g/mol. The smallest absolute Gasteiger partial charge is 0.240 e. The SMILES string of the molecule is CCOc1cc(C=NNC(=O)CCC(=O)Nc2ccc(OC)cc2)cc(Br)c1OCc1ccc(Cl)cc1. The number of hydrogen-bond donors (Lipinski definition) is 2. The molecule has 0 aliphatic carbocycles. The molecule has 0 fully saturated rings. The Bertz CT molecular complexity index is 1230. The number of anilines is 1. The molecular formula is C27H27BrClN3O5. The second-order valence-electron chi connectivity index (χ2n) is 7.75. The van der Waals surface area contributed by atoms with Crippen LogP contribution in [-0.2, 0) is 16.2 Å². The van der Waals surface area contributed by atoms with Crippen molar-refractivity contribution in [1.29, 1.82) is 0 Å². The first-order valence-electron chi connectivity index (χ1n) is 11.5. The molecule has 0 saturated heterocycles. The highest BCUT2D eigenvalue weighted by molar-refractivity contribution is 9.10. The molecule has 0 atom stereocenters. The fourth-order valence-corrected chi connectivity index (χ4v) is 3.86. The zero-order chi connectivity index (χ0) is 26.6. The van der Waals surface area contributed by atoms with Gasteiger partial charge in [0.25, 0.3) is 0 Å². The maximum Gasteiger partial charge on any atom is 0.240 e. The number of hydrogen-bond acceptors (Lipinski definition) is 6. The summed E-state index contributed by atoms with van der Waals surface area (Å²) >= 11 is 9.46. The van der Waals surface area contributed by atoms with E-state index in [1.165, 1.54) is 6.21 Å². The molecule has 10 heteroatoms. The lowest BCUT2D eigenvalue weighted by molar-refractivity contribution is -0.124. The third-order valence-corrected chi connectivity index (χ3v) is 5.82. The van der Waals surface area contributed by atoms with Crippen LogP contribution >= 0.6 is 27.5 Å². The van der Waals surface area contributed by atoms with Crippen LogP contribution in [0.4, 0.5) is 5.69 Å². The van der Waals surface area contributed by atoms with E-state index >= 15 is 0 Å². The summed E-state index contributed by atoms with van der Waals surface area (Å²) in [7, 11) is 1.57. The number of benzene rings is 3. The number of rotatable bonds is 12. The molecule has 3 aromatic rings. The topological polar surface area (TPSA) is 98.2 Å². The van der Waals surface area contributed by atoms with E-state index < -0.39 is 0 Å². The minimum absolute atomic E-state index is 0.00923. The number of nitrogens with zero attached hydrogens (tertiary/aromatic N) is 1. The molecule has 0 unspecified atom stereocenters. The Labute approximate surface area is 229 Å². The van der Waals surface area contributed by atoms with E-state index in [0.29, 0.717) is 51.2 Å². The first-order valence-corrected chi connectivity index (χ1v) is 12.6. The fraction of sp³-hybridized carbons (Fsp3) is 0.222. The molecule has 0 aliphatic rings. The van der Waals surface area contributed by atoms with Crippen molar-refractivity contribution >= 4 is 51.2 Å². The standard InChI is InChI=1S/C27H27BrClN3O5/c1-3-36-24-15-19(14-23(28)27(24)37-17-18-4-6-20(29)7-5-18)16-30-32-26(34)13-12-25(33)31-21-8-10-22(35-2)11-9-21/h4-11,14-16H,3,12-13,17H2,1-2H3,(H,31,33)(H,32,34). The van der Waals surface area contributed by atoms with Crippen molar-refractivity contribution in [2.45, 2.75) is 26.4 Å². The monoisotopic (exact) mass is 587 g/mol. The molecule has 0 heterocycles. The van der Waals surface area contributed by atoms with Crippen molar-refractivity contribution in [2.75, 3.05) is 19.0 Å². The van der Waals surface area contributed by atoms with Crippen molar-refractivity contribution in [3.8, 4) is 17.2 Å². The minimum Gasteiger partial charge on any atom is -0.497 e. The van der Waals surface area contributed by atoms with Gasteiger partial charge in [0.15, 0.2) is 11.5 Å². The number of carbonyl (C=O) groups excluding carboxylic acids is 2. The number of amides is 2. The Kier molecular flexibility index (Phi) is 10.8. The van der Waals surface area contributed by atoms with Gasteiger partial charge < -0.3 is 19.5 Å². The van der Waals surface area contributed by atoms with Gasteiger partial charge in [-0.3, -0.25) is 9.59 Å². The van der Waals surface area contributed by atoms with Gasteiger partial charge in [-0.05, 0) is 82.5 Å². The Balaban J connectivity index is 1.52. The number of methoxy groups -OCH3 is 1. The van der Waals surface area contributed by atoms with Crippen LogP contribution in [0, 0.1) is 0 Å². The molecule has 3 rings (SSSR count). The molecule has 37 heavy (non-hydrogen) atoms. The van der Waals surface area contributed by atoms with Gasteiger partial charge in [-0.1, -0.05) is 23.7 Å². The Morgan fingerprint density at radius 3 is 2.38 bits per heavy atom. The molecule has 3 aromatic carbocycles. The first kappa shape index (κ1) is 28.0. The number of hydrazone groups is 1. The fourth-order valence-electron chi connectivity index (χ4n) is 3.16. The Morgan fingerprint density at radius 1 is 1.00 bits per heavy atom. The number of ether oxygens (including phenoxy) is 3. The average Bonchev–Trinajstić information content (AvgIpc) is 2.89. The largest absolute Gasteiger partial charge is 0.497 e. The summed E-state index contributed by atoms with van der Waals surface area (Å²) in [5, 5.41) is 7.39. The zero-order valence-corrected chi connectivity index (χ0v) is 22.8. The zero-order valence-electron chi connectivity index (χ0n) is 20.4. The van der Waals surface area contributed by atoms with Crippen molar-refractivity contribution < 1.29 is 23.8 Å². The van der Waals surface area contributed by atoms with E-state index in [0.717, 1.165) is 5.56 Å². The molecule has 0 aromatic heterocycles. The summed E-state index contributed by atoms with van der Waals surface area (Å²) in [6.45, 7) is 2.66. The van der Waals surface area contributed by atoms with Crippen LogP contribution in [-0.4, -0.2) is 31.7 Å². The Morgan fingerprint density at radius 2 is 1.70 bits per heavy atom. The lowest BCUT2D eigenvalue weighted by Gasteiger charge is -2.14. The molecular weight excluding hydrogens is 562 g/mol. The number of carbonyl (C=O) groups is 2. The lowest BCUT2D eigenvalue weighted by atomic mass is 10.2.